The topological polar surface area (TPSA) is 21.4 Å². The Bertz CT molecular complexity index is 1730. The van der Waals surface area contributed by atoms with E-state index in [1.807, 2.05) is 6.26 Å². The quantitative estimate of drug-likeness (QED) is 0.188. The molecule has 3 aromatic carbocycles. The Kier molecular flexibility index (Phi) is 2.39. The second-order valence-corrected chi connectivity index (χ2v) is 7.75. The van der Waals surface area contributed by atoms with Crippen LogP contribution in [0.5, 0.6) is 0 Å². The molecule has 0 atom stereocenters. The summed E-state index contributed by atoms with van der Waals surface area (Å²) < 4.78 is 10.6. The second kappa shape index (κ2) is 4.63. The molecule has 0 aliphatic rings. The van der Waals surface area contributed by atoms with E-state index < -0.39 is 0 Å². The van der Waals surface area contributed by atoms with Gasteiger partial charge in [0.2, 0.25) is 5.52 Å². The van der Waals surface area contributed by atoms with Gasteiger partial charge in [-0.2, -0.15) is 4.57 Å². The lowest BCUT2D eigenvalue weighted by Gasteiger charge is -2.13. The Morgan fingerprint density at radius 3 is 2.54 bits per heavy atom. The predicted octanol–water partition coefficient (Wildman–Crippen LogP) is 5.87. The van der Waals surface area contributed by atoms with Gasteiger partial charge in [-0.05, 0) is 30.7 Å². The van der Waals surface area contributed by atoms with Crippen molar-refractivity contribution in [3.63, 3.8) is 0 Å². The summed E-state index contributed by atoms with van der Waals surface area (Å²) in [6.07, 6.45) is 3.99. The molecule has 0 spiro atoms. The maximum atomic E-state index is 5.93. The van der Waals surface area contributed by atoms with Crippen molar-refractivity contribution >= 4 is 60.0 Å². The number of rotatable bonds is 0. The van der Waals surface area contributed by atoms with Crippen LogP contribution >= 0.6 is 0 Å². The van der Waals surface area contributed by atoms with Crippen LogP contribution in [0.15, 0.2) is 71.5 Å². The molecule has 7 rings (SSSR count). The van der Waals surface area contributed by atoms with Gasteiger partial charge in [0, 0.05) is 33.0 Å². The summed E-state index contributed by atoms with van der Waals surface area (Å²) in [5.41, 5.74) is 7.31. The van der Waals surface area contributed by atoms with Gasteiger partial charge >= 0.3 is 0 Å². The third-order valence-electron chi connectivity index (χ3n) is 6.41. The van der Waals surface area contributed by atoms with Crippen LogP contribution in [0.25, 0.3) is 60.0 Å². The fourth-order valence-electron chi connectivity index (χ4n) is 5.25. The molecule has 0 unspecified atom stereocenters. The van der Waals surface area contributed by atoms with Crippen LogP contribution in [0.2, 0.25) is 0 Å². The number of nitrogens with zero attached hydrogens (tertiary/aromatic N) is 2. The van der Waals surface area contributed by atoms with Crippen molar-refractivity contribution < 1.29 is 8.98 Å². The highest BCUT2D eigenvalue weighted by molar-refractivity contribution is 6.30. The van der Waals surface area contributed by atoms with Gasteiger partial charge in [-0.1, -0.05) is 30.3 Å². The Morgan fingerprint density at radius 2 is 1.61 bits per heavy atom. The first kappa shape index (κ1) is 14.5. The van der Waals surface area contributed by atoms with Crippen LogP contribution in [-0.4, -0.2) is 4.40 Å². The minimum Gasteiger partial charge on any atom is -0.464 e. The lowest BCUT2D eigenvalue weighted by Crippen LogP contribution is -2.29. The van der Waals surface area contributed by atoms with Gasteiger partial charge < -0.3 is 8.82 Å². The van der Waals surface area contributed by atoms with E-state index in [1.165, 1.54) is 59.9 Å². The number of aryl methyl sites for hydroxylation is 2. The fraction of sp³-hybridized carbons (Fsp3) is 0.0800. The summed E-state index contributed by atoms with van der Waals surface area (Å²) in [6.45, 7) is 2.22. The van der Waals surface area contributed by atoms with Crippen molar-refractivity contribution in [1.82, 2.24) is 4.40 Å². The molecule has 3 heteroatoms. The number of para-hydroxylation sites is 1. The van der Waals surface area contributed by atoms with Crippen LogP contribution < -0.4 is 4.57 Å². The molecule has 0 fully saturated rings. The van der Waals surface area contributed by atoms with Gasteiger partial charge in [0.15, 0.2) is 6.20 Å². The Labute approximate surface area is 160 Å². The molecule has 0 aliphatic carbocycles. The predicted molar refractivity (Wildman–Crippen MR) is 114 cm³/mol. The first-order valence-corrected chi connectivity index (χ1v) is 9.61. The molecule has 0 N–H and O–H groups in total. The van der Waals surface area contributed by atoms with Crippen molar-refractivity contribution in [2.75, 3.05) is 0 Å². The molecular formula is C25H17N2O+. The van der Waals surface area contributed by atoms with E-state index in [1.54, 1.807) is 0 Å². The summed E-state index contributed by atoms with van der Waals surface area (Å²) in [7, 11) is 2.15. The molecule has 0 saturated carbocycles. The third kappa shape index (κ3) is 1.44. The van der Waals surface area contributed by atoms with E-state index in [0.29, 0.717) is 0 Å². The normalized spacial score (nSPS) is 12.6. The highest BCUT2D eigenvalue weighted by atomic mass is 16.3. The number of furan rings is 1. The molecule has 7 aromatic rings. The molecular weight excluding hydrogens is 344 g/mol. The van der Waals surface area contributed by atoms with Crippen LogP contribution in [0.1, 0.15) is 5.56 Å². The molecule has 3 nitrogen and oxygen atoms in total. The summed E-state index contributed by atoms with van der Waals surface area (Å²) >= 11 is 0. The zero-order valence-corrected chi connectivity index (χ0v) is 15.7. The standard InChI is InChI=1S/C25H17N2O/c1-14-15-11-13-28-25(15)18-7-5-9-20-22(18)21(14)24-23-17(10-12-26(24)2)16-6-3-4-8-19(16)27(20)23/h3-13H,1-2H3/q+1. The maximum absolute atomic E-state index is 5.93. The van der Waals surface area contributed by atoms with E-state index in [4.69, 9.17) is 4.42 Å². The SMILES string of the molecule is Cc1c2ccoc2c2cccc3c2c1c1c2c(cc[n+]1C)c1ccccc1n32. The molecule has 0 radical (unpaired) electrons. The number of pyridine rings is 2. The molecule has 0 amide bonds. The van der Waals surface area contributed by atoms with Crippen LogP contribution in [-0.2, 0) is 7.05 Å². The summed E-state index contributed by atoms with van der Waals surface area (Å²) in [5.74, 6) is 0. The summed E-state index contributed by atoms with van der Waals surface area (Å²) in [5, 5.41) is 7.57. The van der Waals surface area contributed by atoms with Gasteiger partial charge in [0.1, 0.15) is 18.1 Å². The van der Waals surface area contributed by atoms with Gasteiger partial charge in [0.25, 0.3) is 0 Å². The van der Waals surface area contributed by atoms with E-state index in [0.717, 1.165) is 5.58 Å². The van der Waals surface area contributed by atoms with Crippen molar-refractivity contribution in [3.05, 3.63) is 72.6 Å². The lowest BCUT2D eigenvalue weighted by molar-refractivity contribution is -0.644. The molecule has 0 bridgehead atoms. The Hall–Kier alpha value is -3.59. The van der Waals surface area contributed by atoms with Crippen LogP contribution in [0, 0.1) is 6.92 Å². The van der Waals surface area contributed by atoms with E-state index in [2.05, 4.69) is 83.7 Å². The molecule has 28 heavy (non-hydrogen) atoms. The Balaban J connectivity index is 2.03. The summed E-state index contributed by atoms with van der Waals surface area (Å²) in [6, 6.07) is 19.6. The molecule has 4 aromatic heterocycles. The number of hydrogen-bond donors (Lipinski definition) is 0. The fourth-order valence-corrected chi connectivity index (χ4v) is 5.25. The molecule has 4 heterocycles. The smallest absolute Gasteiger partial charge is 0.238 e. The average Bonchev–Trinajstić information content (AvgIpc) is 3.33. The van der Waals surface area contributed by atoms with E-state index >= 15 is 0 Å². The van der Waals surface area contributed by atoms with Gasteiger partial charge in [0.05, 0.1) is 22.7 Å². The van der Waals surface area contributed by atoms with E-state index in [9.17, 15) is 0 Å². The highest BCUT2D eigenvalue weighted by Gasteiger charge is 2.25. The van der Waals surface area contributed by atoms with Crippen LogP contribution in [0.4, 0.5) is 0 Å². The number of aromatic nitrogens is 2. The minimum atomic E-state index is 0.979. The number of hydrogen-bond acceptors (Lipinski definition) is 1. The van der Waals surface area contributed by atoms with Crippen molar-refractivity contribution in [1.29, 1.82) is 0 Å². The van der Waals surface area contributed by atoms with Crippen molar-refractivity contribution in [2.24, 2.45) is 7.05 Å². The minimum absolute atomic E-state index is 0.979. The largest absolute Gasteiger partial charge is 0.464 e. The summed E-state index contributed by atoms with van der Waals surface area (Å²) in [4.78, 5) is 0. The number of fused-ring (bicyclic) bond motifs is 7. The Morgan fingerprint density at radius 1 is 0.786 bits per heavy atom. The highest BCUT2D eigenvalue weighted by Crippen LogP contribution is 2.43. The second-order valence-electron chi connectivity index (χ2n) is 7.75. The van der Waals surface area contributed by atoms with E-state index in [-0.39, 0.29) is 0 Å². The first-order chi connectivity index (χ1) is 13.8. The van der Waals surface area contributed by atoms with Gasteiger partial charge in [-0.15, -0.1) is 0 Å². The van der Waals surface area contributed by atoms with Gasteiger partial charge in [-0.25, -0.2) is 0 Å². The zero-order chi connectivity index (χ0) is 18.6. The zero-order valence-electron chi connectivity index (χ0n) is 15.7. The monoisotopic (exact) mass is 361 g/mol. The lowest BCUT2D eigenvalue weighted by atomic mass is 9.95. The number of benzene rings is 3. The first-order valence-electron chi connectivity index (χ1n) is 9.61. The average molecular weight is 361 g/mol. The third-order valence-corrected chi connectivity index (χ3v) is 6.41. The van der Waals surface area contributed by atoms with Gasteiger partial charge in [-0.3, -0.25) is 0 Å². The molecule has 0 aliphatic heterocycles. The van der Waals surface area contributed by atoms with Crippen molar-refractivity contribution in [3.8, 4) is 0 Å². The molecule has 0 saturated heterocycles. The maximum Gasteiger partial charge on any atom is 0.238 e. The van der Waals surface area contributed by atoms with Crippen LogP contribution in [0.3, 0.4) is 0 Å². The molecule has 132 valence electrons. The van der Waals surface area contributed by atoms with Crippen molar-refractivity contribution in [2.45, 2.75) is 6.92 Å².